The van der Waals surface area contributed by atoms with Crippen LogP contribution < -0.4 is 9.84 Å². The van der Waals surface area contributed by atoms with Crippen LogP contribution in [0.4, 0.5) is 5.69 Å². The second kappa shape index (κ2) is 5.87. The van der Waals surface area contributed by atoms with Crippen LogP contribution in [0.5, 0.6) is 5.75 Å². The first-order valence-corrected chi connectivity index (χ1v) is 5.86. The summed E-state index contributed by atoms with van der Waals surface area (Å²) < 4.78 is 10.6. The van der Waals surface area contributed by atoms with Gasteiger partial charge in [-0.15, -0.1) is 0 Å². The van der Waals surface area contributed by atoms with Crippen molar-refractivity contribution < 1.29 is 24.3 Å². The van der Waals surface area contributed by atoms with E-state index in [0.717, 1.165) is 18.2 Å². The number of carbonyl (C=O) groups is 1. The molecule has 110 valence electrons. The maximum absolute atomic E-state index is 10.9. The largest absolute Gasteiger partial charge is 0.545 e. The van der Waals surface area contributed by atoms with Gasteiger partial charge in [0, 0.05) is 24.2 Å². The molecule has 7 nitrogen and oxygen atoms in total. The molecule has 0 amide bonds. The van der Waals surface area contributed by atoms with E-state index in [4.69, 9.17) is 9.47 Å². The summed E-state index contributed by atoms with van der Waals surface area (Å²) in [5, 5.41) is 21.8. The predicted octanol–water partition coefficient (Wildman–Crippen LogP) is 1.36. The van der Waals surface area contributed by atoms with Crippen molar-refractivity contribution in [2.24, 2.45) is 5.41 Å². The SMILES string of the molecule is COC(Oc1cc(C(=O)[O-])ccc1[N+](=O)[O-])C(C)(C)C. The molecule has 1 unspecified atom stereocenters. The quantitative estimate of drug-likeness (QED) is 0.459. The maximum atomic E-state index is 10.9. The van der Waals surface area contributed by atoms with Gasteiger partial charge < -0.3 is 19.4 Å². The third-order valence-electron chi connectivity index (χ3n) is 2.55. The van der Waals surface area contributed by atoms with Crippen molar-refractivity contribution in [3.63, 3.8) is 0 Å². The summed E-state index contributed by atoms with van der Waals surface area (Å²) in [7, 11) is 1.41. The van der Waals surface area contributed by atoms with E-state index in [1.165, 1.54) is 7.11 Å². The molecule has 1 rings (SSSR count). The molecular formula is C13H16NO6-. The Hall–Kier alpha value is -2.15. The van der Waals surface area contributed by atoms with Crippen LogP contribution in [0.25, 0.3) is 0 Å². The number of carbonyl (C=O) groups excluding carboxylic acids is 1. The minimum absolute atomic E-state index is 0.168. The molecule has 1 atom stereocenters. The van der Waals surface area contributed by atoms with E-state index in [0.29, 0.717) is 0 Å². The Labute approximate surface area is 116 Å². The molecule has 0 spiro atoms. The molecule has 1 aromatic carbocycles. The van der Waals surface area contributed by atoms with Crippen molar-refractivity contribution in [3.8, 4) is 5.75 Å². The number of nitro benzene ring substituents is 1. The Balaban J connectivity index is 3.22. The van der Waals surface area contributed by atoms with Crippen LogP contribution in [-0.2, 0) is 4.74 Å². The standard InChI is InChI=1S/C13H17NO6/c1-13(2,3)12(19-4)20-10-7-8(11(15)16)5-6-9(10)14(17)18/h5-7,12H,1-4H3,(H,15,16)/p-1. The van der Waals surface area contributed by atoms with Gasteiger partial charge in [-0.25, -0.2) is 0 Å². The van der Waals surface area contributed by atoms with Gasteiger partial charge in [-0.2, -0.15) is 0 Å². The summed E-state index contributed by atoms with van der Waals surface area (Å²) in [6, 6.07) is 3.22. The van der Waals surface area contributed by atoms with Gasteiger partial charge in [-0.3, -0.25) is 10.1 Å². The van der Waals surface area contributed by atoms with Crippen LogP contribution in [0.3, 0.4) is 0 Å². The van der Waals surface area contributed by atoms with E-state index in [9.17, 15) is 20.0 Å². The van der Waals surface area contributed by atoms with E-state index < -0.39 is 22.6 Å². The zero-order valence-electron chi connectivity index (χ0n) is 11.7. The Morgan fingerprint density at radius 2 is 1.95 bits per heavy atom. The zero-order valence-corrected chi connectivity index (χ0v) is 11.7. The lowest BCUT2D eigenvalue weighted by Gasteiger charge is -2.29. The van der Waals surface area contributed by atoms with Gasteiger partial charge in [-0.1, -0.05) is 20.8 Å². The lowest BCUT2D eigenvalue weighted by molar-refractivity contribution is -0.386. The molecule has 0 aliphatic rings. The summed E-state index contributed by atoms with van der Waals surface area (Å²) in [5.41, 5.74) is -0.976. The summed E-state index contributed by atoms with van der Waals surface area (Å²) in [6.45, 7) is 5.49. The Kier molecular flexibility index (Phi) is 4.67. The fourth-order valence-corrected chi connectivity index (χ4v) is 1.58. The molecule has 0 aromatic heterocycles. The first kappa shape index (κ1) is 15.9. The number of rotatable bonds is 5. The molecule has 1 aromatic rings. The molecule has 0 fully saturated rings. The number of ether oxygens (including phenoxy) is 2. The number of hydrogen-bond acceptors (Lipinski definition) is 6. The average molecular weight is 282 g/mol. The van der Waals surface area contributed by atoms with Crippen molar-refractivity contribution >= 4 is 11.7 Å². The van der Waals surface area contributed by atoms with Crippen LogP contribution in [0.1, 0.15) is 31.1 Å². The Morgan fingerprint density at radius 1 is 1.35 bits per heavy atom. The molecule has 7 heteroatoms. The molecule has 0 aliphatic carbocycles. The molecule has 0 radical (unpaired) electrons. The number of nitrogens with zero attached hydrogens (tertiary/aromatic N) is 1. The summed E-state index contributed by atoms with van der Waals surface area (Å²) in [6.07, 6.45) is -0.766. The third-order valence-corrected chi connectivity index (χ3v) is 2.55. The fourth-order valence-electron chi connectivity index (χ4n) is 1.58. The van der Waals surface area contributed by atoms with Crippen molar-refractivity contribution in [2.45, 2.75) is 27.1 Å². The van der Waals surface area contributed by atoms with Gasteiger partial charge >= 0.3 is 5.69 Å². The number of carboxylic acids is 1. The zero-order chi connectivity index (χ0) is 15.5. The molecule has 20 heavy (non-hydrogen) atoms. The Morgan fingerprint density at radius 3 is 2.35 bits per heavy atom. The second-order valence-electron chi connectivity index (χ2n) is 5.28. The minimum atomic E-state index is -1.44. The maximum Gasteiger partial charge on any atom is 0.311 e. The van der Waals surface area contributed by atoms with Gasteiger partial charge in [0.2, 0.25) is 12.0 Å². The van der Waals surface area contributed by atoms with Gasteiger partial charge in [0.05, 0.1) is 10.9 Å². The average Bonchev–Trinajstić information content (AvgIpc) is 2.33. The van der Waals surface area contributed by atoms with Crippen LogP contribution in [0.2, 0.25) is 0 Å². The van der Waals surface area contributed by atoms with Crippen LogP contribution >= 0.6 is 0 Å². The predicted molar refractivity (Wildman–Crippen MR) is 68.3 cm³/mol. The molecule has 0 heterocycles. The van der Waals surface area contributed by atoms with Crippen LogP contribution in [-0.4, -0.2) is 24.3 Å². The summed E-state index contributed by atoms with van der Waals surface area (Å²) in [5.74, 6) is -1.60. The van der Waals surface area contributed by atoms with Crippen LogP contribution in [0, 0.1) is 15.5 Å². The number of carboxylic acid groups (broad SMARTS) is 1. The first-order valence-electron chi connectivity index (χ1n) is 5.86. The van der Waals surface area contributed by atoms with Crippen LogP contribution in [0.15, 0.2) is 18.2 Å². The molecular weight excluding hydrogens is 266 g/mol. The van der Waals surface area contributed by atoms with E-state index in [2.05, 4.69) is 0 Å². The fraction of sp³-hybridized carbons (Fsp3) is 0.462. The van der Waals surface area contributed by atoms with Crippen molar-refractivity contribution in [1.29, 1.82) is 0 Å². The summed E-state index contributed by atoms with van der Waals surface area (Å²) >= 11 is 0. The number of benzene rings is 1. The molecule has 0 N–H and O–H groups in total. The monoisotopic (exact) mass is 282 g/mol. The second-order valence-corrected chi connectivity index (χ2v) is 5.28. The van der Waals surface area contributed by atoms with Gasteiger partial charge in [0.15, 0.2) is 0 Å². The van der Waals surface area contributed by atoms with Crippen molar-refractivity contribution in [2.75, 3.05) is 7.11 Å². The highest BCUT2D eigenvalue weighted by atomic mass is 16.7. The normalized spacial score (nSPS) is 12.8. The molecule has 0 saturated heterocycles. The molecule has 0 aliphatic heterocycles. The van der Waals surface area contributed by atoms with Gasteiger partial charge in [0.1, 0.15) is 0 Å². The highest BCUT2D eigenvalue weighted by molar-refractivity contribution is 5.87. The lowest BCUT2D eigenvalue weighted by atomic mass is 9.96. The van der Waals surface area contributed by atoms with Gasteiger partial charge in [0.25, 0.3) is 0 Å². The molecule has 0 bridgehead atoms. The first-order chi connectivity index (χ1) is 9.16. The summed E-state index contributed by atoms with van der Waals surface area (Å²) in [4.78, 5) is 21.1. The lowest BCUT2D eigenvalue weighted by Crippen LogP contribution is -2.34. The third kappa shape index (κ3) is 3.67. The highest BCUT2D eigenvalue weighted by Gasteiger charge is 2.29. The number of methoxy groups -OCH3 is 1. The highest BCUT2D eigenvalue weighted by Crippen LogP contribution is 2.32. The van der Waals surface area contributed by atoms with E-state index in [1.54, 1.807) is 0 Å². The topological polar surface area (TPSA) is 102 Å². The smallest absolute Gasteiger partial charge is 0.311 e. The van der Waals surface area contributed by atoms with E-state index >= 15 is 0 Å². The number of aromatic carboxylic acids is 1. The van der Waals surface area contributed by atoms with Crippen molar-refractivity contribution in [3.05, 3.63) is 33.9 Å². The number of nitro groups is 1. The van der Waals surface area contributed by atoms with Gasteiger partial charge in [-0.05, 0) is 12.1 Å². The Bertz CT molecular complexity index is 520. The molecule has 0 saturated carbocycles. The van der Waals surface area contributed by atoms with Crippen molar-refractivity contribution in [1.82, 2.24) is 0 Å². The van der Waals surface area contributed by atoms with E-state index in [1.807, 2.05) is 20.8 Å². The van der Waals surface area contributed by atoms with E-state index in [-0.39, 0.29) is 17.0 Å². The number of hydrogen-bond donors (Lipinski definition) is 0. The minimum Gasteiger partial charge on any atom is -0.545 e.